The summed E-state index contributed by atoms with van der Waals surface area (Å²) >= 11 is 0. The Bertz CT molecular complexity index is 637. The van der Waals surface area contributed by atoms with Crippen molar-refractivity contribution in [3.63, 3.8) is 0 Å². The van der Waals surface area contributed by atoms with Crippen LogP contribution in [0.1, 0.15) is 30.6 Å². The molecule has 3 nitrogen and oxygen atoms in total. The van der Waals surface area contributed by atoms with Gasteiger partial charge in [0.2, 0.25) is 0 Å². The Labute approximate surface area is 125 Å². The lowest BCUT2D eigenvalue weighted by Gasteiger charge is -2.33. The second kappa shape index (κ2) is 6.10. The Balaban J connectivity index is 1.90. The highest BCUT2D eigenvalue weighted by Crippen LogP contribution is 2.33. The molecule has 3 heteroatoms. The average molecular weight is 280 g/mol. The van der Waals surface area contributed by atoms with E-state index in [9.17, 15) is 0 Å². The fraction of sp³-hybridized carbons (Fsp3) is 0.278. The first-order chi connectivity index (χ1) is 10.3. The molecular weight excluding hydrogens is 260 g/mol. The van der Waals surface area contributed by atoms with Crippen molar-refractivity contribution in [2.75, 3.05) is 11.6 Å². The molecule has 2 heterocycles. The van der Waals surface area contributed by atoms with Crippen molar-refractivity contribution in [2.24, 2.45) is 0 Å². The summed E-state index contributed by atoms with van der Waals surface area (Å²) in [4.78, 5) is 10.6. The van der Waals surface area contributed by atoms with Crippen LogP contribution in [0.25, 0.3) is 0 Å². The van der Waals surface area contributed by atoms with Crippen LogP contribution < -0.4 is 5.06 Å². The van der Waals surface area contributed by atoms with Crippen LogP contribution >= 0.6 is 0 Å². The summed E-state index contributed by atoms with van der Waals surface area (Å²) in [5.41, 5.74) is 3.69. The second-order valence-electron chi connectivity index (χ2n) is 5.28. The van der Waals surface area contributed by atoms with Crippen molar-refractivity contribution >= 4 is 5.82 Å². The van der Waals surface area contributed by atoms with E-state index in [1.54, 1.807) is 0 Å². The van der Waals surface area contributed by atoms with E-state index in [4.69, 9.17) is 4.84 Å². The summed E-state index contributed by atoms with van der Waals surface area (Å²) in [5, 5.41) is 1.88. The van der Waals surface area contributed by atoms with Gasteiger partial charge in [-0.15, -0.1) is 0 Å². The number of hydrogen-bond donors (Lipinski definition) is 0. The number of hydrogen-bond acceptors (Lipinski definition) is 3. The average Bonchev–Trinajstić information content (AvgIpc) is 2.55. The van der Waals surface area contributed by atoms with Gasteiger partial charge in [0.05, 0.1) is 6.54 Å². The van der Waals surface area contributed by atoms with Gasteiger partial charge < -0.3 is 0 Å². The third-order valence-corrected chi connectivity index (χ3v) is 3.76. The van der Waals surface area contributed by atoms with E-state index >= 15 is 0 Å². The van der Waals surface area contributed by atoms with Crippen molar-refractivity contribution in [3.05, 3.63) is 71.4 Å². The first-order valence-corrected chi connectivity index (χ1v) is 7.38. The van der Waals surface area contributed by atoms with Crippen molar-refractivity contribution in [1.82, 2.24) is 4.98 Å². The molecule has 1 aromatic carbocycles. The molecule has 0 spiro atoms. The summed E-state index contributed by atoms with van der Waals surface area (Å²) in [6.45, 7) is 4.98. The van der Waals surface area contributed by atoms with Gasteiger partial charge >= 0.3 is 0 Å². The highest BCUT2D eigenvalue weighted by atomic mass is 16.7. The molecule has 2 aromatic rings. The second-order valence-corrected chi connectivity index (χ2v) is 5.28. The van der Waals surface area contributed by atoms with Gasteiger partial charge in [-0.05, 0) is 42.2 Å². The number of benzene rings is 1. The molecule has 0 bridgehead atoms. The molecule has 0 amide bonds. The Morgan fingerprint density at radius 1 is 1.24 bits per heavy atom. The number of aromatic nitrogens is 1. The van der Waals surface area contributed by atoms with Crippen molar-refractivity contribution in [2.45, 2.75) is 26.4 Å². The Morgan fingerprint density at radius 2 is 2.05 bits per heavy atom. The van der Waals surface area contributed by atoms with Crippen LogP contribution in [0, 0.1) is 6.92 Å². The smallest absolute Gasteiger partial charge is 0.152 e. The van der Waals surface area contributed by atoms with E-state index in [0.29, 0.717) is 0 Å². The molecule has 21 heavy (non-hydrogen) atoms. The Hall–Kier alpha value is -2.13. The number of aryl methyl sites for hydroxylation is 1. The number of nitrogens with zero attached hydrogens (tertiary/aromatic N) is 2. The van der Waals surface area contributed by atoms with Gasteiger partial charge in [0, 0.05) is 6.20 Å². The van der Waals surface area contributed by atoms with E-state index in [1.807, 2.05) is 29.5 Å². The SMILES string of the molecule is CCC1=CCN(c2cc(C)ccn2)O[C@H]1c1ccccc1. The molecule has 0 aliphatic carbocycles. The van der Waals surface area contributed by atoms with E-state index in [1.165, 1.54) is 16.7 Å². The Kier molecular flexibility index (Phi) is 4.02. The summed E-state index contributed by atoms with van der Waals surface area (Å²) in [6.07, 6.45) is 5.05. The van der Waals surface area contributed by atoms with Crippen LogP contribution in [0.2, 0.25) is 0 Å². The van der Waals surface area contributed by atoms with Crippen LogP contribution in [0.4, 0.5) is 5.82 Å². The molecule has 1 aliphatic rings. The van der Waals surface area contributed by atoms with E-state index < -0.39 is 0 Å². The van der Waals surface area contributed by atoms with Crippen LogP contribution in [-0.4, -0.2) is 11.5 Å². The lowest BCUT2D eigenvalue weighted by molar-refractivity contribution is 0.0464. The van der Waals surface area contributed by atoms with Gasteiger partial charge in [-0.25, -0.2) is 10.0 Å². The maximum Gasteiger partial charge on any atom is 0.152 e. The molecule has 108 valence electrons. The van der Waals surface area contributed by atoms with Gasteiger partial charge in [-0.3, -0.25) is 4.84 Å². The minimum atomic E-state index is -0.0211. The fourth-order valence-corrected chi connectivity index (χ4v) is 2.58. The zero-order valence-electron chi connectivity index (χ0n) is 12.5. The summed E-state index contributed by atoms with van der Waals surface area (Å²) < 4.78 is 0. The van der Waals surface area contributed by atoms with Crippen LogP contribution in [0.5, 0.6) is 0 Å². The number of pyridine rings is 1. The van der Waals surface area contributed by atoms with Crippen LogP contribution in [-0.2, 0) is 4.84 Å². The van der Waals surface area contributed by atoms with Crippen molar-refractivity contribution < 1.29 is 4.84 Å². The molecule has 0 fully saturated rings. The molecule has 0 unspecified atom stereocenters. The minimum Gasteiger partial charge on any atom is -0.259 e. The third-order valence-electron chi connectivity index (χ3n) is 3.76. The lowest BCUT2D eigenvalue weighted by atomic mass is 9.98. The maximum absolute atomic E-state index is 6.22. The van der Waals surface area contributed by atoms with Crippen LogP contribution in [0.3, 0.4) is 0 Å². The van der Waals surface area contributed by atoms with Crippen LogP contribution in [0.15, 0.2) is 60.3 Å². The molecular formula is C18H20N2O. The normalized spacial score (nSPS) is 18.5. The lowest BCUT2D eigenvalue weighted by Crippen LogP contribution is -2.32. The van der Waals surface area contributed by atoms with Gasteiger partial charge in [0.15, 0.2) is 5.82 Å². The zero-order valence-corrected chi connectivity index (χ0v) is 12.5. The van der Waals surface area contributed by atoms with Crippen molar-refractivity contribution in [1.29, 1.82) is 0 Å². The van der Waals surface area contributed by atoms with Gasteiger partial charge in [-0.2, -0.15) is 0 Å². The summed E-state index contributed by atoms with van der Waals surface area (Å²) in [5.74, 6) is 0.863. The first-order valence-electron chi connectivity index (χ1n) is 7.38. The number of anilines is 1. The minimum absolute atomic E-state index is 0.0211. The quantitative estimate of drug-likeness (QED) is 0.787. The highest BCUT2D eigenvalue weighted by Gasteiger charge is 2.25. The highest BCUT2D eigenvalue weighted by molar-refractivity contribution is 5.41. The molecule has 3 rings (SSSR count). The molecule has 0 saturated carbocycles. The van der Waals surface area contributed by atoms with E-state index in [-0.39, 0.29) is 6.10 Å². The maximum atomic E-state index is 6.22. The number of hydroxylamine groups is 1. The predicted octanol–water partition coefficient (Wildman–Crippen LogP) is 4.22. The molecule has 0 radical (unpaired) electrons. The van der Waals surface area contributed by atoms with Gasteiger partial charge in [0.1, 0.15) is 6.10 Å². The molecule has 1 aromatic heterocycles. The molecule has 1 aliphatic heterocycles. The van der Waals surface area contributed by atoms with Crippen molar-refractivity contribution in [3.8, 4) is 0 Å². The largest absolute Gasteiger partial charge is 0.259 e. The molecule has 1 atom stereocenters. The first kappa shape index (κ1) is 13.8. The Morgan fingerprint density at radius 3 is 2.76 bits per heavy atom. The zero-order chi connectivity index (χ0) is 14.7. The molecule has 0 saturated heterocycles. The molecule has 0 N–H and O–H groups in total. The third kappa shape index (κ3) is 2.98. The predicted molar refractivity (Wildman–Crippen MR) is 85.0 cm³/mol. The number of rotatable bonds is 3. The van der Waals surface area contributed by atoms with E-state index in [2.05, 4.69) is 49.2 Å². The summed E-state index contributed by atoms with van der Waals surface area (Å²) in [7, 11) is 0. The van der Waals surface area contributed by atoms with Gasteiger partial charge in [0.25, 0.3) is 0 Å². The topological polar surface area (TPSA) is 25.4 Å². The standard InChI is InChI=1S/C18H20N2O/c1-3-15-10-12-20(17-13-14(2)9-11-19-17)21-18(15)16-7-5-4-6-8-16/h4-11,13,18H,3,12H2,1-2H3/t18-/m1/s1. The fourth-order valence-electron chi connectivity index (χ4n) is 2.58. The van der Waals surface area contributed by atoms with E-state index in [0.717, 1.165) is 18.8 Å². The van der Waals surface area contributed by atoms with Gasteiger partial charge in [-0.1, -0.05) is 43.3 Å². The summed E-state index contributed by atoms with van der Waals surface area (Å²) in [6, 6.07) is 14.4. The monoisotopic (exact) mass is 280 g/mol.